The molecule has 5 heteroatoms. The Kier molecular flexibility index (Phi) is 5.70. The average molecular weight is 294 g/mol. The Morgan fingerprint density at radius 2 is 2.19 bits per heavy atom. The maximum absolute atomic E-state index is 12.9. The number of nitrogens with one attached hydrogen (secondary N) is 1. The Bertz CT molecular complexity index is 464. The molecule has 1 fully saturated rings. The third-order valence-corrected chi connectivity index (χ3v) is 3.80. The molecule has 1 aliphatic rings. The molecule has 2 atom stereocenters. The van der Waals surface area contributed by atoms with Crippen LogP contribution in [0.15, 0.2) is 24.3 Å². The zero-order chi connectivity index (χ0) is 15.2. The summed E-state index contributed by atoms with van der Waals surface area (Å²) in [5.74, 6) is -0.182. The standard InChI is InChI=1S/C16H23FN2O2/c1-12(13-3-5-14(17)6-4-13)9-16(20)18-10-15-11-19(2)7-8-21-15/h3-6,12,15H,7-11H2,1-2H3,(H,18,20)/t12-,15+/m0/s1. The van der Waals surface area contributed by atoms with Crippen molar-refractivity contribution in [3.8, 4) is 0 Å². The fourth-order valence-electron chi connectivity index (χ4n) is 2.48. The molecule has 21 heavy (non-hydrogen) atoms. The largest absolute Gasteiger partial charge is 0.374 e. The quantitative estimate of drug-likeness (QED) is 0.900. The molecule has 0 bridgehead atoms. The highest BCUT2D eigenvalue weighted by Crippen LogP contribution is 2.19. The molecule has 116 valence electrons. The minimum atomic E-state index is -0.256. The molecule has 1 heterocycles. The van der Waals surface area contributed by atoms with E-state index in [0.29, 0.717) is 19.6 Å². The maximum Gasteiger partial charge on any atom is 0.220 e. The summed E-state index contributed by atoms with van der Waals surface area (Å²) in [6, 6.07) is 6.31. The molecular weight excluding hydrogens is 271 g/mol. The second-order valence-corrected chi connectivity index (χ2v) is 5.72. The van der Waals surface area contributed by atoms with Crippen molar-refractivity contribution in [3.05, 3.63) is 35.6 Å². The number of amides is 1. The number of morpholine rings is 1. The first-order chi connectivity index (χ1) is 10.0. The van der Waals surface area contributed by atoms with E-state index in [-0.39, 0.29) is 23.7 Å². The molecule has 2 rings (SSSR count). The summed E-state index contributed by atoms with van der Waals surface area (Å²) in [6.07, 6.45) is 0.461. The van der Waals surface area contributed by atoms with Gasteiger partial charge in [-0.15, -0.1) is 0 Å². The first-order valence-electron chi connectivity index (χ1n) is 7.37. The SMILES string of the molecule is C[C@@H](CC(=O)NC[C@@H]1CN(C)CCO1)c1ccc(F)cc1. The van der Waals surface area contributed by atoms with Crippen LogP contribution >= 0.6 is 0 Å². The highest BCUT2D eigenvalue weighted by Gasteiger charge is 2.19. The Balaban J connectivity index is 1.74. The number of ether oxygens (including phenoxy) is 1. The number of carbonyl (C=O) groups is 1. The van der Waals surface area contributed by atoms with Crippen LogP contribution in [0.2, 0.25) is 0 Å². The minimum absolute atomic E-state index is 0.00338. The predicted molar refractivity (Wildman–Crippen MR) is 79.7 cm³/mol. The van der Waals surface area contributed by atoms with Crippen molar-refractivity contribution in [2.24, 2.45) is 0 Å². The summed E-state index contributed by atoms with van der Waals surface area (Å²) in [5, 5.41) is 2.92. The monoisotopic (exact) mass is 294 g/mol. The van der Waals surface area contributed by atoms with Crippen LogP contribution in [0.5, 0.6) is 0 Å². The van der Waals surface area contributed by atoms with Gasteiger partial charge in [-0.2, -0.15) is 0 Å². The van der Waals surface area contributed by atoms with Gasteiger partial charge in [0.1, 0.15) is 5.82 Å². The van der Waals surface area contributed by atoms with E-state index in [1.807, 2.05) is 14.0 Å². The molecule has 1 saturated heterocycles. The van der Waals surface area contributed by atoms with Gasteiger partial charge in [-0.05, 0) is 30.7 Å². The van der Waals surface area contributed by atoms with E-state index in [1.54, 1.807) is 12.1 Å². The van der Waals surface area contributed by atoms with Crippen molar-refractivity contribution in [1.29, 1.82) is 0 Å². The zero-order valence-corrected chi connectivity index (χ0v) is 12.6. The van der Waals surface area contributed by atoms with Crippen LogP contribution in [0.25, 0.3) is 0 Å². The number of rotatable bonds is 5. The van der Waals surface area contributed by atoms with Crippen molar-refractivity contribution < 1.29 is 13.9 Å². The highest BCUT2D eigenvalue weighted by atomic mass is 19.1. The summed E-state index contributed by atoms with van der Waals surface area (Å²) >= 11 is 0. The van der Waals surface area contributed by atoms with Crippen molar-refractivity contribution >= 4 is 5.91 Å². The van der Waals surface area contributed by atoms with Crippen LogP contribution in [0.4, 0.5) is 4.39 Å². The van der Waals surface area contributed by atoms with Gasteiger partial charge in [0.2, 0.25) is 5.91 Å². The fourth-order valence-corrected chi connectivity index (χ4v) is 2.48. The lowest BCUT2D eigenvalue weighted by molar-refractivity contribution is -0.122. The van der Waals surface area contributed by atoms with E-state index < -0.39 is 0 Å². The molecule has 1 aromatic carbocycles. The predicted octanol–water partition coefficient (Wildman–Crippen LogP) is 1.77. The second-order valence-electron chi connectivity index (χ2n) is 5.72. The molecule has 1 N–H and O–H groups in total. The van der Waals surface area contributed by atoms with Crippen molar-refractivity contribution in [3.63, 3.8) is 0 Å². The Morgan fingerprint density at radius 1 is 1.48 bits per heavy atom. The van der Waals surface area contributed by atoms with Crippen LogP contribution in [-0.2, 0) is 9.53 Å². The van der Waals surface area contributed by atoms with E-state index in [2.05, 4.69) is 10.2 Å². The maximum atomic E-state index is 12.9. The number of halogens is 1. The van der Waals surface area contributed by atoms with Gasteiger partial charge in [-0.1, -0.05) is 19.1 Å². The molecular formula is C16H23FN2O2. The van der Waals surface area contributed by atoms with Crippen LogP contribution in [0, 0.1) is 5.82 Å². The molecule has 0 radical (unpaired) electrons. The molecule has 1 aliphatic heterocycles. The molecule has 1 amide bonds. The number of hydrogen-bond donors (Lipinski definition) is 1. The molecule has 4 nitrogen and oxygen atoms in total. The normalized spacial score (nSPS) is 21.0. The minimum Gasteiger partial charge on any atom is -0.374 e. The van der Waals surface area contributed by atoms with Gasteiger partial charge in [-0.25, -0.2) is 4.39 Å². The summed E-state index contributed by atoms with van der Waals surface area (Å²) in [7, 11) is 2.05. The van der Waals surface area contributed by atoms with E-state index >= 15 is 0 Å². The summed E-state index contributed by atoms with van der Waals surface area (Å²) in [6.45, 7) is 5.00. The molecule has 0 saturated carbocycles. The Morgan fingerprint density at radius 3 is 2.86 bits per heavy atom. The first-order valence-corrected chi connectivity index (χ1v) is 7.37. The van der Waals surface area contributed by atoms with Crippen molar-refractivity contribution in [2.75, 3.05) is 33.3 Å². The topological polar surface area (TPSA) is 41.6 Å². The average Bonchev–Trinajstić information content (AvgIpc) is 2.46. The lowest BCUT2D eigenvalue weighted by Gasteiger charge is -2.30. The summed E-state index contributed by atoms with van der Waals surface area (Å²) in [5.41, 5.74) is 0.972. The Hall–Kier alpha value is -1.46. The van der Waals surface area contributed by atoms with Gasteiger partial charge in [0, 0.05) is 26.1 Å². The van der Waals surface area contributed by atoms with Gasteiger partial charge >= 0.3 is 0 Å². The van der Waals surface area contributed by atoms with Crippen LogP contribution < -0.4 is 5.32 Å². The van der Waals surface area contributed by atoms with E-state index in [4.69, 9.17) is 4.74 Å². The Labute approximate surface area is 125 Å². The highest BCUT2D eigenvalue weighted by molar-refractivity contribution is 5.76. The van der Waals surface area contributed by atoms with Gasteiger partial charge in [0.15, 0.2) is 0 Å². The molecule has 0 aromatic heterocycles. The van der Waals surface area contributed by atoms with Gasteiger partial charge in [0.25, 0.3) is 0 Å². The molecule has 0 aliphatic carbocycles. The number of likely N-dealkylation sites (N-methyl/N-ethyl adjacent to an activating group) is 1. The third kappa shape index (κ3) is 5.10. The van der Waals surface area contributed by atoms with E-state index in [1.165, 1.54) is 12.1 Å². The molecule has 1 aromatic rings. The lowest BCUT2D eigenvalue weighted by Crippen LogP contribution is -2.46. The zero-order valence-electron chi connectivity index (χ0n) is 12.6. The fraction of sp³-hybridized carbons (Fsp3) is 0.562. The van der Waals surface area contributed by atoms with Crippen molar-refractivity contribution in [2.45, 2.75) is 25.4 Å². The second kappa shape index (κ2) is 7.52. The van der Waals surface area contributed by atoms with Gasteiger partial charge in [-0.3, -0.25) is 4.79 Å². The number of nitrogens with zero attached hydrogens (tertiary/aromatic N) is 1. The van der Waals surface area contributed by atoms with E-state index in [0.717, 1.165) is 18.7 Å². The van der Waals surface area contributed by atoms with Gasteiger partial charge < -0.3 is 15.0 Å². The van der Waals surface area contributed by atoms with Crippen LogP contribution in [0.3, 0.4) is 0 Å². The smallest absolute Gasteiger partial charge is 0.220 e. The molecule has 0 unspecified atom stereocenters. The summed E-state index contributed by atoms with van der Waals surface area (Å²) < 4.78 is 18.5. The van der Waals surface area contributed by atoms with E-state index in [9.17, 15) is 9.18 Å². The first kappa shape index (κ1) is 15.9. The number of benzene rings is 1. The van der Waals surface area contributed by atoms with Gasteiger partial charge in [0.05, 0.1) is 12.7 Å². The van der Waals surface area contributed by atoms with Crippen LogP contribution in [0.1, 0.15) is 24.8 Å². The lowest BCUT2D eigenvalue weighted by atomic mass is 9.97. The van der Waals surface area contributed by atoms with Crippen molar-refractivity contribution in [1.82, 2.24) is 10.2 Å². The molecule has 0 spiro atoms. The summed E-state index contributed by atoms with van der Waals surface area (Å²) in [4.78, 5) is 14.2. The number of carbonyl (C=O) groups excluding carboxylic acids is 1. The number of hydrogen-bond acceptors (Lipinski definition) is 3. The third-order valence-electron chi connectivity index (χ3n) is 3.80. The van der Waals surface area contributed by atoms with Crippen LogP contribution in [-0.4, -0.2) is 50.2 Å².